The van der Waals surface area contributed by atoms with Crippen molar-refractivity contribution in [3.8, 4) is 0 Å². The molecule has 13 nitrogen and oxygen atoms in total. The van der Waals surface area contributed by atoms with Crippen molar-refractivity contribution in [1.82, 2.24) is 4.98 Å². The number of ketones is 2. The van der Waals surface area contributed by atoms with E-state index in [-0.39, 0.29) is 68.5 Å². The number of pyridine rings is 1. The number of rotatable bonds is 12. The maximum absolute atomic E-state index is 17.5. The minimum atomic E-state index is -2.13. The molecule has 1 heterocycles. The first-order valence-corrected chi connectivity index (χ1v) is 20.0. The molecule has 7 rings (SSSR count). The highest BCUT2D eigenvalue weighted by atomic mass is 35.5. The summed E-state index contributed by atoms with van der Waals surface area (Å²) < 4.78 is 28.0. The first kappa shape index (κ1) is 50.4. The number of carbonyl (C=O) groups excluding carboxylic acids is 5. The van der Waals surface area contributed by atoms with E-state index in [2.05, 4.69) is 10.3 Å². The third-order valence-corrected chi connectivity index (χ3v) is 13.9. The van der Waals surface area contributed by atoms with Gasteiger partial charge in [0.15, 0.2) is 18.1 Å². The summed E-state index contributed by atoms with van der Waals surface area (Å²) in [6, 6.07) is 12.7. The molecule has 3 fully saturated rings. The molecule has 17 heteroatoms. The Kier molecular flexibility index (Phi) is 15.6. The van der Waals surface area contributed by atoms with Crippen LogP contribution in [0.1, 0.15) is 69.9 Å². The Morgan fingerprint density at radius 1 is 1.02 bits per heavy atom. The molecule has 1 aromatic heterocycles. The van der Waals surface area contributed by atoms with Gasteiger partial charge in [0.2, 0.25) is 11.7 Å². The number of alkyl halides is 1. The number of nitrogens with one attached hydrogen (secondary N) is 1. The average molecular weight is 920 g/mol. The SMILES string of the molecule is C[C@@H]1C[C@H]2[C@@H]3CCC4=CC(=O)C=C[C@]4(C)[C@@]3(F)[C@@H](O)C[C@]2(C)[C@@]1(O)C(=O)COC(=O)C[C@H](N)C(=O)OCc1ccc([C@@H](CN)C(=O)Nc2ccc3cnccc3c2)cc1.Cl.Cl.Cl. The minimum Gasteiger partial charge on any atom is -0.460 e. The molecule has 3 aromatic rings. The molecule has 7 N–H and O–H groups in total. The molecule has 1 amide bonds. The fourth-order valence-corrected chi connectivity index (χ4v) is 10.6. The average Bonchev–Trinajstić information content (AvgIpc) is 3.41. The van der Waals surface area contributed by atoms with E-state index in [0.29, 0.717) is 41.6 Å². The topological polar surface area (TPSA) is 221 Å². The number of fused-ring (bicyclic) bond motifs is 6. The lowest BCUT2D eigenvalue weighted by atomic mass is 9.44. The van der Waals surface area contributed by atoms with Gasteiger partial charge in [0.1, 0.15) is 18.2 Å². The molecule has 4 aliphatic carbocycles. The molecule has 10 atom stereocenters. The Morgan fingerprint density at radius 2 is 1.73 bits per heavy atom. The van der Waals surface area contributed by atoms with Gasteiger partial charge in [-0.05, 0) is 91.3 Å². The maximum Gasteiger partial charge on any atom is 0.323 e. The Hall–Kier alpha value is -4.28. The predicted molar refractivity (Wildman–Crippen MR) is 237 cm³/mol. The number of aliphatic hydroxyl groups is 2. The summed E-state index contributed by atoms with van der Waals surface area (Å²) in [7, 11) is 0. The van der Waals surface area contributed by atoms with Crippen molar-refractivity contribution < 1.29 is 48.0 Å². The van der Waals surface area contributed by atoms with Crippen molar-refractivity contribution in [1.29, 1.82) is 0 Å². The molecule has 2 aromatic carbocycles. The number of benzene rings is 2. The highest BCUT2D eigenvalue weighted by Gasteiger charge is 2.75. The number of aliphatic hydroxyl groups excluding tert-OH is 1. The number of anilines is 1. The van der Waals surface area contributed by atoms with Gasteiger partial charge in [-0.3, -0.25) is 29.0 Å². The number of halogens is 4. The van der Waals surface area contributed by atoms with Crippen LogP contribution >= 0.6 is 37.2 Å². The van der Waals surface area contributed by atoms with E-state index < -0.39 is 88.7 Å². The fraction of sp³-hybridized carbons (Fsp3) is 0.467. The zero-order valence-corrected chi connectivity index (χ0v) is 37.0. The van der Waals surface area contributed by atoms with Crippen LogP contribution < -0.4 is 16.8 Å². The number of hydrogen-bond acceptors (Lipinski definition) is 12. The van der Waals surface area contributed by atoms with Crippen molar-refractivity contribution in [3.63, 3.8) is 0 Å². The summed E-state index contributed by atoms with van der Waals surface area (Å²) in [6.45, 7) is 4.15. The van der Waals surface area contributed by atoms with Gasteiger partial charge in [0.05, 0.1) is 18.4 Å². The smallest absolute Gasteiger partial charge is 0.323 e. The Balaban J connectivity index is 0.00000282. The van der Waals surface area contributed by atoms with E-state index in [1.807, 2.05) is 18.2 Å². The number of nitrogens with zero attached hydrogens (tertiary/aromatic N) is 1. The Bertz CT molecular complexity index is 2260. The van der Waals surface area contributed by atoms with Gasteiger partial charge in [-0.15, -0.1) is 37.2 Å². The minimum absolute atomic E-state index is 0. The molecule has 0 bridgehead atoms. The van der Waals surface area contributed by atoms with Gasteiger partial charge in [-0.1, -0.05) is 55.8 Å². The normalized spacial score (nSPS) is 30.3. The number of nitrogens with two attached hydrogens (primary N) is 2. The van der Waals surface area contributed by atoms with Crippen LogP contribution in [0, 0.1) is 28.6 Å². The first-order valence-electron chi connectivity index (χ1n) is 20.0. The van der Waals surface area contributed by atoms with Gasteiger partial charge < -0.3 is 36.5 Å². The van der Waals surface area contributed by atoms with E-state index in [1.165, 1.54) is 12.2 Å². The lowest BCUT2D eigenvalue weighted by Crippen LogP contribution is -2.69. The van der Waals surface area contributed by atoms with Crippen LogP contribution in [0.3, 0.4) is 0 Å². The number of aromatic nitrogens is 1. The standard InChI is InChI=1S/C45H51FN4O9.3ClH/c1-25-16-35-34-11-9-30-18-32(51)12-14-42(30,2)44(34,46)37(52)20-43(35,3)45(25,57)38(53)24-58-39(54)19-36(48)41(56)59-23-26-4-6-27(7-5-26)33(21-47)40(55)50-31-10-8-29-22-49-15-13-28(29)17-31;;;/h4-8,10,12-15,17-18,22,25,33-37,52,57H,9,11,16,19-21,23-24,47-48H2,1-3H3,(H,50,55);3*1H/t25-,33-,34+,35+,36+,37+,42+,43+,44+,45+;;;/m1.../s1. The fourth-order valence-electron chi connectivity index (χ4n) is 10.6. The Labute approximate surface area is 377 Å². The number of ether oxygens (including phenoxy) is 2. The summed E-state index contributed by atoms with van der Waals surface area (Å²) in [6.07, 6.45) is 6.45. The van der Waals surface area contributed by atoms with Gasteiger partial charge in [-0.25, -0.2) is 4.39 Å². The summed E-state index contributed by atoms with van der Waals surface area (Å²) in [5.74, 6) is -5.63. The summed E-state index contributed by atoms with van der Waals surface area (Å²) in [5.41, 5.74) is 7.81. The van der Waals surface area contributed by atoms with Crippen molar-refractivity contribution in [3.05, 3.63) is 95.9 Å². The van der Waals surface area contributed by atoms with E-state index in [1.54, 1.807) is 69.6 Å². The van der Waals surface area contributed by atoms with Gasteiger partial charge in [0, 0.05) is 46.8 Å². The van der Waals surface area contributed by atoms with Crippen molar-refractivity contribution in [2.75, 3.05) is 18.5 Å². The lowest BCUT2D eigenvalue weighted by molar-refractivity contribution is -0.220. The highest BCUT2D eigenvalue weighted by Crippen LogP contribution is 2.70. The van der Waals surface area contributed by atoms with Crippen molar-refractivity contribution in [2.24, 2.45) is 40.1 Å². The lowest BCUT2D eigenvalue weighted by Gasteiger charge is -2.62. The monoisotopic (exact) mass is 918 g/mol. The maximum atomic E-state index is 17.5. The largest absolute Gasteiger partial charge is 0.460 e. The van der Waals surface area contributed by atoms with Crippen LogP contribution in [-0.4, -0.2) is 81.2 Å². The number of Topliss-reactive ketones (excluding diaryl/α,β-unsaturated/α-hetero) is 1. The van der Waals surface area contributed by atoms with Crippen LogP contribution in [0.2, 0.25) is 0 Å². The quantitative estimate of drug-likeness (QED) is 0.144. The molecule has 0 saturated heterocycles. The van der Waals surface area contributed by atoms with Gasteiger partial charge in [-0.2, -0.15) is 0 Å². The zero-order valence-electron chi connectivity index (χ0n) is 34.6. The molecule has 336 valence electrons. The van der Waals surface area contributed by atoms with Crippen LogP contribution in [0.4, 0.5) is 10.1 Å². The molecule has 0 spiro atoms. The zero-order chi connectivity index (χ0) is 42.5. The van der Waals surface area contributed by atoms with Crippen LogP contribution in [0.25, 0.3) is 10.8 Å². The van der Waals surface area contributed by atoms with E-state index >= 15 is 4.39 Å². The predicted octanol–water partition coefficient (Wildman–Crippen LogP) is 5.40. The molecule has 0 radical (unpaired) electrons. The molecule has 3 saturated carbocycles. The number of carbonyl (C=O) groups is 5. The van der Waals surface area contributed by atoms with Crippen molar-refractivity contribution >= 4 is 83.1 Å². The van der Waals surface area contributed by atoms with Crippen LogP contribution in [0.15, 0.2) is 84.7 Å². The van der Waals surface area contributed by atoms with E-state index in [4.69, 9.17) is 20.9 Å². The third kappa shape index (κ3) is 8.55. The highest BCUT2D eigenvalue weighted by molar-refractivity contribution is 6.01. The van der Waals surface area contributed by atoms with E-state index in [0.717, 1.165) is 10.8 Å². The summed E-state index contributed by atoms with van der Waals surface area (Å²) in [5, 5.41) is 28.5. The van der Waals surface area contributed by atoms with Gasteiger partial charge >= 0.3 is 11.9 Å². The second-order valence-electron chi connectivity index (χ2n) is 17.1. The van der Waals surface area contributed by atoms with Crippen LogP contribution in [0.5, 0.6) is 0 Å². The second-order valence-corrected chi connectivity index (χ2v) is 17.1. The number of esters is 2. The van der Waals surface area contributed by atoms with E-state index in [9.17, 15) is 34.2 Å². The number of amides is 1. The molecule has 62 heavy (non-hydrogen) atoms. The molecular weight excluding hydrogens is 866 g/mol. The summed E-state index contributed by atoms with van der Waals surface area (Å²) >= 11 is 0. The van der Waals surface area contributed by atoms with Crippen molar-refractivity contribution in [2.45, 2.75) is 88.8 Å². The molecule has 4 aliphatic rings. The summed E-state index contributed by atoms with van der Waals surface area (Å²) in [4.78, 5) is 68.8. The van der Waals surface area contributed by atoms with Crippen LogP contribution in [-0.2, 0) is 40.1 Å². The number of allylic oxidation sites excluding steroid dienone is 4. The van der Waals surface area contributed by atoms with Gasteiger partial charge in [0.25, 0.3) is 0 Å². The Morgan fingerprint density at radius 3 is 2.42 bits per heavy atom. The third-order valence-electron chi connectivity index (χ3n) is 13.9. The first-order chi connectivity index (χ1) is 28.0. The molecule has 0 unspecified atom stereocenters. The molecular formula is C45H54Cl3FN4O9. The molecule has 0 aliphatic heterocycles. The second kappa shape index (κ2) is 19.2. The number of hydrogen-bond donors (Lipinski definition) is 5.